The molecule has 1 N–H and O–H groups in total. The number of benzene rings is 1. The second kappa shape index (κ2) is 6.76. The van der Waals surface area contributed by atoms with Crippen LogP contribution in [0.1, 0.15) is 18.4 Å². The molecule has 1 fully saturated rings. The molecule has 1 aliphatic rings. The van der Waals surface area contributed by atoms with Gasteiger partial charge in [0.25, 0.3) is 0 Å². The molecule has 0 unspecified atom stereocenters. The van der Waals surface area contributed by atoms with Crippen LogP contribution in [0.4, 0.5) is 4.39 Å². The maximum Gasteiger partial charge on any atom is 0.137 e. The molecule has 94 valence electrons. The Kier molecular flexibility index (Phi) is 5.32. The minimum atomic E-state index is -0.196. The van der Waals surface area contributed by atoms with Crippen molar-refractivity contribution in [1.82, 2.24) is 5.32 Å². The molecular weight excluding hydrogens is 301 g/mol. The molecule has 1 saturated heterocycles. The summed E-state index contributed by atoms with van der Waals surface area (Å²) in [5.74, 6) is 3.22. The third kappa shape index (κ3) is 4.27. The molecule has 0 bridgehead atoms. The molecule has 0 amide bonds. The lowest BCUT2D eigenvalue weighted by Crippen LogP contribution is -2.25. The molecular formula is C13H17BrFNS. The third-order valence-corrected chi connectivity index (χ3v) is 4.74. The van der Waals surface area contributed by atoms with Gasteiger partial charge >= 0.3 is 0 Å². The zero-order valence-electron chi connectivity index (χ0n) is 9.72. The fourth-order valence-electron chi connectivity index (χ4n) is 2.02. The van der Waals surface area contributed by atoms with Crippen molar-refractivity contribution in [2.45, 2.75) is 19.4 Å². The quantitative estimate of drug-likeness (QED) is 0.906. The molecule has 0 spiro atoms. The molecule has 0 atom stereocenters. The van der Waals surface area contributed by atoms with Crippen LogP contribution in [0.2, 0.25) is 0 Å². The van der Waals surface area contributed by atoms with E-state index in [4.69, 9.17) is 0 Å². The Balaban J connectivity index is 1.75. The first-order chi connectivity index (χ1) is 8.25. The summed E-state index contributed by atoms with van der Waals surface area (Å²) in [6.07, 6.45) is 2.65. The average molecular weight is 318 g/mol. The summed E-state index contributed by atoms with van der Waals surface area (Å²) in [4.78, 5) is 0. The number of halogens is 2. The SMILES string of the molecule is Fc1ccc(CNCC2CCSCC2)cc1Br. The summed E-state index contributed by atoms with van der Waals surface area (Å²) in [5, 5.41) is 3.47. The van der Waals surface area contributed by atoms with Crippen LogP contribution in [0.25, 0.3) is 0 Å². The molecule has 1 aromatic rings. The molecule has 1 aliphatic heterocycles. The van der Waals surface area contributed by atoms with Gasteiger partial charge in [-0.05, 0) is 70.4 Å². The van der Waals surface area contributed by atoms with Crippen LogP contribution >= 0.6 is 27.7 Å². The predicted molar refractivity (Wildman–Crippen MR) is 75.9 cm³/mol. The van der Waals surface area contributed by atoms with Crippen molar-refractivity contribution in [3.8, 4) is 0 Å². The van der Waals surface area contributed by atoms with Crippen molar-refractivity contribution in [3.05, 3.63) is 34.1 Å². The predicted octanol–water partition coefficient (Wildman–Crippen LogP) is 3.82. The van der Waals surface area contributed by atoms with Gasteiger partial charge in [-0.3, -0.25) is 0 Å². The first-order valence-electron chi connectivity index (χ1n) is 5.98. The first-order valence-corrected chi connectivity index (χ1v) is 7.93. The Morgan fingerprint density at radius 2 is 2.12 bits per heavy atom. The van der Waals surface area contributed by atoms with Crippen molar-refractivity contribution < 1.29 is 4.39 Å². The number of hydrogen-bond acceptors (Lipinski definition) is 2. The Hall–Kier alpha value is -0.0600. The van der Waals surface area contributed by atoms with Gasteiger partial charge in [0.15, 0.2) is 0 Å². The molecule has 1 nitrogen and oxygen atoms in total. The van der Waals surface area contributed by atoms with Crippen LogP contribution in [-0.2, 0) is 6.54 Å². The molecule has 0 saturated carbocycles. The zero-order valence-corrected chi connectivity index (χ0v) is 12.1. The Bertz CT molecular complexity index is 366. The Morgan fingerprint density at radius 3 is 2.82 bits per heavy atom. The van der Waals surface area contributed by atoms with E-state index >= 15 is 0 Å². The highest BCUT2D eigenvalue weighted by Gasteiger charge is 2.12. The first kappa shape index (κ1) is 13.4. The monoisotopic (exact) mass is 317 g/mol. The van der Waals surface area contributed by atoms with Crippen LogP contribution in [0.3, 0.4) is 0 Å². The molecule has 0 aliphatic carbocycles. The summed E-state index contributed by atoms with van der Waals surface area (Å²) in [6.45, 7) is 1.90. The van der Waals surface area contributed by atoms with Gasteiger partial charge in [-0.15, -0.1) is 0 Å². The van der Waals surface area contributed by atoms with Gasteiger partial charge in [0.05, 0.1) is 4.47 Å². The van der Waals surface area contributed by atoms with Crippen molar-refractivity contribution in [3.63, 3.8) is 0 Å². The number of thioether (sulfide) groups is 1. The lowest BCUT2D eigenvalue weighted by atomic mass is 10.0. The van der Waals surface area contributed by atoms with E-state index in [1.54, 1.807) is 0 Å². The highest BCUT2D eigenvalue weighted by atomic mass is 79.9. The van der Waals surface area contributed by atoms with Crippen molar-refractivity contribution in [2.75, 3.05) is 18.1 Å². The fraction of sp³-hybridized carbons (Fsp3) is 0.538. The number of nitrogens with one attached hydrogen (secondary N) is 1. The lowest BCUT2D eigenvalue weighted by molar-refractivity contribution is 0.447. The van der Waals surface area contributed by atoms with Gasteiger partial charge in [0.1, 0.15) is 5.82 Å². The van der Waals surface area contributed by atoms with Crippen LogP contribution in [0.15, 0.2) is 22.7 Å². The smallest absolute Gasteiger partial charge is 0.137 e. The van der Waals surface area contributed by atoms with E-state index in [0.717, 1.165) is 24.6 Å². The summed E-state index contributed by atoms with van der Waals surface area (Å²) in [7, 11) is 0. The molecule has 2 rings (SSSR count). The Morgan fingerprint density at radius 1 is 1.35 bits per heavy atom. The van der Waals surface area contributed by atoms with Crippen molar-refractivity contribution in [2.24, 2.45) is 5.92 Å². The third-order valence-electron chi connectivity index (χ3n) is 3.09. The molecule has 1 heterocycles. The summed E-state index contributed by atoms with van der Waals surface area (Å²) < 4.78 is 13.6. The molecule has 4 heteroatoms. The largest absolute Gasteiger partial charge is 0.312 e. The highest BCUT2D eigenvalue weighted by molar-refractivity contribution is 9.10. The van der Waals surface area contributed by atoms with E-state index in [1.807, 2.05) is 12.1 Å². The van der Waals surface area contributed by atoms with Crippen LogP contribution in [-0.4, -0.2) is 18.1 Å². The van der Waals surface area contributed by atoms with Gasteiger partial charge in [-0.2, -0.15) is 11.8 Å². The standard InChI is InChI=1S/C13H17BrFNS/c14-12-7-11(1-2-13(12)15)9-16-8-10-3-5-17-6-4-10/h1-2,7,10,16H,3-6,8-9H2. The summed E-state index contributed by atoms with van der Waals surface area (Å²) in [5.41, 5.74) is 1.13. The fourth-order valence-corrected chi connectivity index (χ4v) is 3.65. The second-order valence-corrected chi connectivity index (χ2v) is 6.51. The average Bonchev–Trinajstić information content (AvgIpc) is 2.35. The summed E-state index contributed by atoms with van der Waals surface area (Å²) >= 11 is 5.27. The van der Waals surface area contributed by atoms with E-state index in [2.05, 4.69) is 33.0 Å². The van der Waals surface area contributed by atoms with Crippen molar-refractivity contribution in [1.29, 1.82) is 0 Å². The normalized spacial score (nSPS) is 17.3. The van der Waals surface area contributed by atoms with Crippen LogP contribution in [0, 0.1) is 11.7 Å². The Labute approximate surface area is 115 Å². The topological polar surface area (TPSA) is 12.0 Å². The van der Waals surface area contributed by atoms with E-state index in [1.165, 1.54) is 30.4 Å². The van der Waals surface area contributed by atoms with Gasteiger partial charge in [-0.1, -0.05) is 6.07 Å². The highest BCUT2D eigenvalue weighted by Crippen LogP contribution is 2.22. The van der Waals surface area contributed by atoms with E-state index in [-0.39, 0.29) is 5.82 Å². The molecule has 0 aromatic heterocycles. The maximum atomic E-state index is 13.0. The summed E-state index contributed by atoms with van der Waals surface area (Å²) in [6, 6.07) is 5.20. The zero-order chi connectivity index (χ0) is 12.1. The van der Waals surface area contributed by atoms with Gasteiger partial charge in [-0.25, -0.2) is 4.39 Å². The van der Waals surface area contributed by atoms with E-state index < -0.39 is 0 Å². The van der Waals surface area contributed by atoms with Crippen LogP contribution in [0.5, 0.6) is 0 Å². The number of hydrogen-bond donors (Lipinski definition) is 1. The molecule has 0 radical (unpaired) electrons. The van der Waals surface area contributed by atoms with Gasteiger partial charge in [0.2, 0.25) is 0 Å². The minimum Gasteiger partial charge on any atom is -0.312 e. The van der Waals surface area contributed by atoms with Gasteiger partial charge in [0, 0.05) is 6.54 Å². The molecule has 17 heavy (non-hydrogen) atoms. The van der Waals surface area contributed by atoms with E-state index in [0.29, 0.717) is 4.47 Å². The maximum absolute atomic E-state index is 13.0. The van der Waals surface area contributed by atoms with Gasteiger partial charge < -0.3 is 5.32 Å². The molecule has 1 aromatic carbocycles. The van der Waals surface area contributed by atoms with Crippen molar-refractivity contribution >= 4 is 27.7 Å². The number of rotatable bonds is 4. The second-order valence-electron chi connectivity index (χ2n) is 4.44. The minimum absolute atomic E-state index is 0.196. The van der Waals surface area contributed by atoms with Crippen LogP contribution < -0.4 is 5.32 Å². The van der Waals surface area contributed by atoms with E-state index in [9.17, 15) is 4.39 Å². The lowest BCUT2D eigenvalue weighted by Gasteiger charge is -2.21.